The Bertz CT molecular complexity index is 613. The first kappa shape index (κ1) is 35.6. The number of ether oxygens (including phenoxy) is 1. The molecule has 0 aliphatic heterocycles. The van der Waals surface area contributed by atoms with Gasteiger partial charge in [0.05, 0.1) is 13.2 Å². The van der Waals surface area contributed by atoms with Crippen LogP contribution in [0.2, 0.25) is 0 Å². The fourth-order valence-electron chi connectivity index (χ4n) is 4.07. The molecule has 5 heteroatoms. The van der Waals surface area contributed by atoms with E-state index in [-0.39, 0.29) is 22.6 Å². The summed E-state index contributed by atoms with van der Waals surface area (Å²) in [5.74, 6) is -0.00405. The second-order valence-electron chi connectivity index (χ2n) is 12.6. The zero-order valence-corrected chi connectivity index (χ0v) is 25.6. The summed E-state index contributed by atoms with van der Waals surface area (Å²) in [5, 5.41) is 5.87. The van der Waals surface area contributed by atoms with Crippen molar-refractivity contribution < 1.29 is 14.3 Å². The van der Waals surface area contributed by atoms with E-state index in [0.29, 0.717) is 38.1 Å². The lowest BCUT2D eigenvalue weighted by atomic mass is 9.91. The van der Waals surface area contributed by atoms with Crippen molar-refractivity contribution in [3.63, 3.8) is 0 Å². The molecule has 0 aliphatic carbocycles. The van der Waals surface area contributed by atoms with Crippen molar-refractivity contribution in [2.75, 3.05) is 19.8 Å². The molecule has 0 heterocycles. The summed E-state index contributed by atoms with van der Waals surface area (Å²) in [7, 11) is 0. The molecular formula is C32H62N2O3. The van der Waals surface area contributed by atoms with Gasteiger partial charge in [0.15, 0.2) is 0 Å². The van der Waals surface area contributed by atoms with E-state index < -0.39 is 0 Å². The Morgan fingerprint density at radius 3 is 1.65 bits per heavy atom. The number of carbonyl (C=O) groups excluding carboxylic acids is 2. The molecule has 218 valence electrons. The average Bonchev–Trinajstić information content (AvgIpc) is 2.84. The molecule has 0 saturated heterocycles. The smallest absolute Gasteiger partial charge is 0.224 e. The van der Waals surface area contributed by atoms with Gasteiger partial charge in [0.1, 0.15) is 0 Å². The van der Waals surface area contributed by atoms with Crippen molar-refractivity contribution in [2.45, 2.75) is 151 Å². The molecule has 5 nitrogen and oxygen atoms in total. The molecule has 0 radical (unpaired) electrons. The summed E-state index contributed by atoms with van der Waals surface area (Å²) in [4.78, 5) is 24.4. The van der Waals surface area contributed by atoms with Gasteiger partial charge in [-0.1, -0.05) is 125 Å². The van der Waals surface area contributed by atoms with Crippen LogP contribution in [0, 0.1) is 10.8 Å². The third-order valence-electron chi connectivity index (χ3n) is 7.18. The number of nitrogens with one attached hydrogen (secondary N) is 2. The lowest BCUT2D eigenvalue weighted by Gasteiger charge is -2.28. The second-order valence-corrected chi connectivity index (χ2v) is 12.6. The molecule has 0 rings (SSSR count). The number of unbranched alkanes of at least 4 members (excludes halogenated alkanes) is 12. The monoisotopic (exact) mass is 522 g/mol. The van der Waals surface area contributed by atoms with Gasteiger partial charge in [0.2, 0.25) is 11.8 Å². The highest BCUT2D eigenvalue weighted by Gasteiger charge is 2.22. The minimum Gasteiger partial charge on any atom is -0.380 e. The first-order valence-electron chi connectivity index (χ1n) is 15.3. The molecule has 2 N–H and O–H groups in total. The van der Waals surface area contributed by atoms with E-state index in [1.807, 2.05) is 0 Å². The number of amides is 2. The molecule has 0 fully saturated rings. The van der Waals surface area contributed by atoms with Gasteiger partial charge in [-0.25, -0.2) is 0 Å². The zero-order valence-electron chi connectivity index (χ0n) is 25.6. The minimum absolute atomic E-state index is 0.0155. The summed E-state index contributed by atoms with van der Waals surface area (Å²) >= 11 is 0. The maximum atomic E-state index is 12.3. The molecule has 0 aromatic rings. The standard InChI is InChI=1S/C32H62N2O3/c1-8-10-11-12-13-14-15-16-17-18-19-20-21-22-30(36)34-28(3)23-24-29(35)33-25-32(6,7)27-37-26-31(4,5)9-2/h3,8-27H2,1-2,4-7H3,(H,33,35)(H,34,36). The van der Waals surface area contributed by atoms with E-state index in [2.05, 4.69) is 58.8 Å². The van der Waals surface area contributed by atoms with Crippen molar-refractivity contribution in [3.8, 4) is 0 Å². The molecule has 0 unspecified atom stereocenters. The van der Waals surface area contributed by atoms with Crippen LogP contribution < -0.4 is 10.6 Å². The number of rotatable bonds is 25. The van der Waals surface area contributed by atoms with Crippen LogP contribution >= 0.6 is 0 Å². The summed E-state index contributed by atoms with van der Waals surface area (Å²) in [5.41, 5.74) is 0.675. The maximum absolute atomic E-state index is 12.3. The van der Waals surface area contributed by atoms with Crippen LogP contribution in [0.25, 0.3) is 0 Å². The molecule has 0 spiro atoms. The quantitative estimate of drug-likeness (QED) is 0.118. The molecule has 37 heavy (non-hydrogen) atoms. The second kappa shape index (κ2) is 21.6. The third-order valence-corrected chi connectivity index (χ3v) is 7.18. The lowest BCUT2D eigenvalue weighted by Crippen LogP contribution is -2.37. The molecule has 0 aromatic carbocycles. The minimum atomic E-state index is -0.126. The van der Waals surface area contributed by atoms with Crippen molar-refractivity contribution in [2.24, 2.45) is 10.8 Å². The summed E-state index contributed by atoms with van der Waals surface area (Å²) in [6, 6.07) is 0. The van der Waals surface area contributed by atoms with Crippen LogP contribution in [0.1, 0.15) is 151 Å². The van der Waals surface area contributed by atoms with Crippen LogP contribution in [0.3, 0.4) is 0 Å². The highest BCUT2D eigenvalue weighted by Crippen LogP contribution is 2.22. The van der Waals surface area contributed by atoms with E-state index in [1.165, 1.54) is 70.6 Å². The van der Waals surface area contributed by atoms with Crippen LogP contribution in [0.5, 0.6) is 0 Å². The highest BCUT2D eigenvalue weighted by atomic mass is 16.5. The Kier molecular flexibility index (Phi) is 20.8. The van der Waals surface area contributed by atoms with E-state index in [0.717, 1.165) is 25.9 Å². The van der Waals surface area contributed by atoms with Gasteiger partial charge in [0, 0.05) is 30.5 Å². The van der Waals surface area contributed by atoms with E-state index >= 15 is 0 Å². The molecule has 0 bridgehead atoms. The normalized spacial score (nSPS) is 11.9. The molecule has 0 saturated carbocycles. The predicted octanol–water partition coefficient (Wildman–Crippen LogP) is 8.47. The van der Waals surface area contributed by atoms with E-state index in [1.54, 1.807) is 0 Å². The van der Waals surface area contributed by atoms with E-state index in [9.17, 15) is 9.59 Å². The topological polar surface area (TPSA) is 67.4 Å². The predicted molar refractivity (Wildman–Crippen MR) is 159 cm³/mol. The van der Waals surface area contributed by atoms with Crippen LogP contribution in [0.15, 0.2) is 12.3 Å². The maximum Gasteiger partial charge on any atom is 0.224 e. The number of allylic oxidation sites excluding steroid dienone is 1. The summed E-state index contributed by atoms with van der Waals surface area (Å²) in [6.45, 7) is 18.9. The van der Waals surface area contributed by atoms with Gasteiger partial charge in [0.25, 0.3) is 0 Å². The van der Waals surface area contributed by atoms with Crippen molar-refractivity contribution in [1.82, 2.24) is 10.6 Å². The van der Waals surface area contributed by atoms with Gasteiger partial charge in [-0.2, -0.15) is 0 Å². The van der Waals surface area contributed by atoms with Gasteiger partial charge < -0.3 is 15.4 Å². The summed E-state index contributed by atoms with van der Waals surface area (Å²) in [6.07, 6.45) is 19.3. The van der Waals surface area contributed by atoms with Gasteiger partial charge >= 0.3 is 0 Å². The Morgan fingerprint density at radius 1 is 0.649 bits per heavy atom. The van der Waals surface area contributed by atoms with Crippen molar-refractivity contribution in [3.05, 3.63) is 12.3 Å². The fourth-order valence-corrected chi connectivity index (χ4v) is 4.07. The third kappa shape index (κ3) is 23.5. The average molecular weight is 523 g/mol. The fraction of sp³-hybridized carbons (Fsp3) is 0.875. The Balaban J connectivity index is 3.72. The summed E-state index contributed by atoms with van der Waals surface area (Å²) < 4.78 is 5.90. The van der Waals surface area contributed by atoms with Gasteiger partial charge in [-0.05, 0) is 24.7 Å². The molecular weight excluding hydrogens is 460 g/mol. The number of carbonyl (C=O) groups is 2. The zero-order chi connectivity index (χ0) is 28.0. The van der Waals surface area contributed by atoms with Gasteiger partial charge in [-0.3, -0.25) is 9.59 Å². The Morgan fingerprint density at radius 2 is 1.14 bits per heavy atom. The number of hydrogen-bond donors (Lipinski definition) is 2. The molecule has 0 aliphatic rings. The first-order chi connectivity index (χ1) is 17.5. The van der Waals surface area contributed by atoms with Gasteiger partial charge in [-0.15, -0.1) is 0 Å². The van der Waals surface area contributed by atoms with Crippen LogP contribution in [-0.4, -0.2) is 31.6 Å². The molecule has 2 amide bonds. The molecule has 0 atom stereocenters. The van der Waals surface area contributed by atoms with E-state index in [4.69, 9.17) is 4.74 Å². The van der Waals surface area contributed by atoms with Crippen LogP contribution in [-0.2, 0) is 14.3 Å². The first-order valence-corrected chi connectivity index (χ1v) is 15.3. The molecule has 0 aromatic heterocycles. The number of hydrogen-bond acceptors (Lipinski definition) is 3. The Labute approximate surface area is 230 Å². The van der Waals surface area contributed by atoms with Crippen LogP contribution in [0.4, 0.5) is 0 Å². The van der Waals surface area contributed by atoms with Crippen molar-refractivity contribution >= 4 is 11.8 Å². The van der Waals surface area contributed by atoms with Crippen molar-refractivity contribution in [1.29, 1.82) is 0 Å². The highest BCUT2D eigenvalue weighted by molar-refractivity contribution is 5.78. The lowest BCUT2D eigenvalue weighted by molar-refractivity contribution is -0.122. The Hall–Kier alpha value is -1.36. The SMILES string of the molecule is C=C(CCC(=O)NCC(C)(C)COCC(C)(C)CC)NC(=O)CCCCCCCCCCCCCCC. The largest absolute Gasteiger partial charge is 0.380 e.